The molecule has 1 fully saturated rings. The van der Waals surface area contributed by atoms with Crippen LogP contribution in [-0.2, 0) is 4.74 Å². The van der Waals surface area contributed by atoms with Crippen LogP contribution in [0.2, 0.25) is 0 Å². The van der Waals surface area contributed by atoms with Gasteiger partial charge in [0.25, 0.3) is 0 Å². The summed E-state index contributed by atoms with van der Waals surface area (Å²) in [6.07, 6.45) is 4.46. The van der Waals surface area contributed by atoms with Gasteiger partial charge in [0.1, 0.15) is 5.75 Å². The molecule has 108 valence electrons. The first-order chi connectivity index (χ1) is 9.78. The fraction of sp³-hybridized carbons (Fsp3) is 0.529. The van der Waals surface area contributed by atoms with Gasteiger partial charge in [0.15, 0.2) is 0 Å². The Labute approximate surface area is 121 Å². The van der Waals surface area contributed by atoms with Gasteiger partial charge < -0.3 is 9.47 Å². The van der Waals surface area contributed by atoms with E-state index in [1.165, 1.54) is 11.1 Å². The van der Waals surface area contributed by atoms with Gasteiger partial charge in [-0.15, -0.1) is 0 Å². The second kappa shape index (κ2) is 5.98. The fourth-order valence-electron chi connectivity index (χ4n) is 2.97. The summed E-state index contributed by atoms with van der Waals surface area (Å²) >= 11 is 0. The van der Waals surface area contributed by atoms with E-state index in [2.05, 4.69) is 43.1 Å². The molecule has 1 aromatic carbocycles. The molecule has 0 N–H and O–H groups in total. The number of ether oxygens (including phenoxy) is 2. The first kappa shape index (κ1) is 13.7. The van der Waals surface area contributed by atoms with Gasteiger partial charge >= 0.3 is 0 Å². The maximum atomic E-state index is 5.74. The van der Waals surface area contributed by atoms with Crippen LogP contribution in [0.15, 0.2) is 30.3 Å². The minimum Gasteiger partial charge on any atom is -0.494 e. The lowest BCUT2D eigenvalue weighted by Crippen LogP contribution is -2.51. The van der Waals surface area contributed by atoms with Crippen LogP contribution in [0, 0.1) is 0 Å². The second-order valence-corrected chi connectivity index (χ2v) is 5.70. The Morgan fingerprint density at radius 3 is 3.05 bits per heavy atom. The van der Waals surface area contributed by atoms with Crippen molar-refractivity contribution in [2.75, 3.05) is 26.9 Å². The summed E-state index contributed by atoms with van der Waals surface area (Å²) in [5.41, 5.74) is 2.73. The summed E-state index contributed by atoms with van der Waals surface area (Å²) in [5, 5.41) is 0. The van der Waals surface area contributed by atoms with E-state index in [4.69, 9.17) is 9.47 Å². The molecule has 2 atom stereocenters. The maximum absolute atomic E-state index is 5.74. The third-order valence-corrected chi connectivity index (χ3v) is 4.22. The Hall–Kier alpha value is -1.32. The zero-order chi connectivity index (χ0) is 13.9. The summed E-state index contributed by atoms with van der Waals surface area (Å²) < 4.78 is 11.4. The minimum absolute atomic E-state index is 0.415. The van der Waals surface area contributed by atoms with Crippen molar-refractivity contribution in [3.8, 4) is 5.75 Å². The molecule has 3 nitrogen and oxygen atoms in total. The highest BCUT2D eigenvalue weighted by molar-refractivity contribution is 5.68. The number of hydrogen-bond donors (Lipinski definition) is 0. The molecular formula is C17H23NO2. The van der Waals surface area contributed by atoms with E-state index < -0.39 is 0 Å². The third-order valence-electron chi connectivity index (χ3n) is 4.22. The third kappa shape index (κ3) is 2.74. The van der Waals surface area contributed by atoms with Gasteiger partial charge in [0.2, 0.25) is 0 Å². The first-order valence-electron chi connectivity index (χ1n) is 7.51. The molecule has 2 heterocycles. The van der Waals surface area contributed by atoms with E-state index in [1.54, 1.807) is 0 Å². The van der Waals surface area contributed by atoms with Crippen LogP contribution in [-0.4, -0.2) is 43.9 Å². The van der Waals surface area contributed by atoms with E-state index in [0.717, 1.165) is 38.4 Å². The van der Waals surface area contributed by atoms with E-state index in [0.29, 0.717) is 12.1 Å². The molecule has 0 aliphatic carbocycles. The van der Waals surface area contributed by atoms with E-state index in [9.17, 15) is 0 Å². The summed E-state index contributed by atoms with van der Waals surface area (Å²) in [7, 11) is 2.20. The lowest BCUT2D eigenvalue weighted by molar-refractivity contribution is -0.0221. The summed E-state index contributed by atoms with van der Waals surface area (Å²) in [5.74, 6) is 0.977. The number of likely N-dealkylation sites (N-methyl/N-ethyl adjacent to an activating group) is 1. The Kier molecular flexibility index (Phi) is 4.08. The monoisotopic (exact) mass is 273 g/mol. The molecule has 0 radical (unpaired) electrons. The highest BCUT2D eigenvalue weighted by Crippen LogP contribution is 2.32. The quantitative estimate of drug-likeness (QED) is 0.842. The average molecular weight is 273 g/mol. The van der Waals surface area contributed by atoms with Crippen molar-refractivity contribution >= 4 is 5.57 Å². The van der Waals surface area contributed by atoms with Gasteiger partial charge in [-0.1, -0.05) is 25.1 Å². The molecule has 1 saturated heterocycles. The molecule has 0 saturated carbocycles. The second-order valence-electron chi connectivity index (χ2n) is 5.70. The molecule has 2 aliphatic rings. The molecule has 2 aliphatic heterocycles. The van der Waals surface area contributed by atoms with Crippen molar-refractivity contribution in [3.63, 3.8) is 0 Å². The average Bonchev–Trinajstić information content (AvgIpc) is 2.45. The lowest BCUT2D eigenvalue weighted by Gasteiger charge is -2.42. The Morgan fingerprint density at radius 1 is 1.35 bits per heavy atom. The molecule has 3 rings (SSSR count). The van der Waals surface area contributed by atoms with E-state index in [-0.39, 0.29) is 0 Å². The van der Waals surface area contributed by atoms with E-state index in [1.807, 2.05) is 6.07 Å². The van der Waals surface area contributed by atoms with Gasteiger partial charge in [0.05, 0.1) is 25.9 Å². The predicted molar refractivity (Wildman–Crippen MR) is 81.0 cm³/mol. The van der Waals surface area contributed by atoms with Crippen LogP contribution in [0.25, 0.3) is 5.57 Å². The number of benzene rings is 1. The van der Waals surface area contributed by atoms with Gasteiger partial charge in [-0.05, 0) is 43.2 Å². The number of morpholine rings is 1. The van der Waals surface area contributed by atoms with Gasteiger partial charge in [0, 0.05) is 6.04 Å². The Morgan fingerprint density at radius 2 is 2.25 bits per heavy atom. The van der Waals surface area contributed by atoms with Crippen LogP contribution < -0.4 is 4.74 Å². The molecule has 2 unspecified atom stereocenters. The SMILES string of the molecule is CCCOc1cccc(C2=CC3COCC(C2)N3C)c1. The smallest absolute Gasteiger partial charge is 0.119 e. The highest BCUT2D eigenvalue weighted by Gasteiger charge is 2.32. The van der Waals surface area contributed by atoms with Crippen molar-refractivity contribution in [1.82, 2.24) is 4.90 Å². The van der Waals surface area contributed by atoms with Crippen molar-refractivity contribution in [2.24, 2.45) is 0 Å². The van der Waals surface area contributed by atoms with Crippen LogP contribution in [0.5, 0.6) is 5.75 Å². The molecule has 20 heavy (non-hydrogen) atoms. The predicted octanol–water partition coefficient (Wildman–Crippen LogP) is 2.96. The Balaban J connectivity index is 1.82. The van der Waals surface area contributed by atoms with Crippen molar-refractivity contribution < 1.29 is 9.47 Å². The molecule has 0 amide bonds. The standard InChI is InChI=1S/C17H23NO2/c1-3-7-20-17-6-4-5-13(10-17)14-8-15-11-19-12-16(9-14)18(15)2/h4-6,8,10,15-16H,3,7,9,11-12H2,1-2H3. The number of fused-ring (bicyclic) bond motifs is 2. The largest absolute Gasteiger partial charge is 0.494 e. The first-order valence-corrected chi connectivity index (χ1v) is 7.51. The molecule has 1 aromatic rings. The summed E-state index contributed by atoms with van der Waals surface area (Å²) in [6.45, 7) is 4.56. The lowest BCUT2D eigenvalue weighted by atomic mass is 9.90. The highest BCUT2D eigenvalue weighted by atomic mass is 16.5. The topological polar surface area (TPSA) is 21.7 Å². The Bertz CT molecular complexity index is 498. The minimum atomic E-state index is 0.415. The maximum Gasteiger partial charge on any atom is 0.119 e. The molecule has 0 aromatic heterocycles. The van der Waals surface area contributed by atoms with Crippen LogP contribution in [0.1, 0.15) is 25.3 Å². The zero-order valence-corrected chi connectivity index (χ0v) is 12.3. The number of nitrogens with zero attached hydrogens (tertiary/aromatic N) is 1. The summed E-state index contributed by atoms with van der Waals surface area (Å²) in [6, 6.07) is 9.41. The van der Waals surface area contributed by atoms with Crippen LogP contribution in [0.3, 0.4) is 0 Å². The summed E-state index contributed by atoms with van der Waals surface area (Å²) in [4.78, 5) is 2.43. The fourth-order valence-corrected chi connectivity index (χ4v) is 2.97. The molecule has 0 spiro atoms. The van der Waals surface area contributed by atoms with Crippen molar-refractivity contribution in [1.29, 1.82) is 0 Å². The zero-order valence-electron chi connectivity index (χ0n) is 12.3. The van der Waals surface area contributed by atoms with Crippen LogP contribution >= 0.6 is 0 Å². The van der Waals surface area contributed by atoms with Crippen LogP contribution in [0.4, 0.5) is 0 Å². The molecule has 2 bridgehead atoms. The number of hydrogen-bond acceptors (Lipinski definition) is 3. The van der Waals surface area contributed by atoms with Gasteiger partial charge in [-0.2, -0.15) is 0 Å². The van der Waals surface area contributed by atoms with Gasteiger partial charge in [-0.3, -0.25) is 4.90 Å². The molecule has 3 heteroatoms. The number of rotatable bonds is 4. The van der Waals surface area contributed by atoms with Crippen molar-refractivity contribution in [2.45, 2.75) is 31.8 Å². The normalized spacial score (nSPS) is 26.2. The van der Waals surface area contributed by atoms with Gasteiger partial charge in [-0.25, -0.2) is 0 Å². The molecular weight excluding hydrogens is 250 g/mol. The van der Waals surface area contributed by atoms with Crippen molar-refractivity contribution in [3.05, 3.63) is 35.9 Å². The van der Waals surface area contributed by atoms with E-state index >= 15 is 0 Å².